The Morgan fingerprint density at radius 3 is 2.00 bits per heavy atom. The summed E-state index contributed by atoms with van der Waals surface area (Å²) in [5.74, 6) is -0.443. The zero-order valence-electron chi connectivity index (χ0n) is 19.5. The van der Waals surface area contributed by atoms with Crippen molar-refractivity contribution in [1.82, 2.24) is 10.2 Å². The van der Waals surface area contributed by atoms with Gasteiger partial charge in [-0.15, -0.1) is 0 Å². The largest absolute Gasteiger partial charge is 0.357 e. The number of carbonyl (C=O) groups excluding carboxylic acids is 2. The second kappa shape index (κ2) is 11.1. The molecule has 1 N–H and O–H groups in total. The molecule has 2 rings (SSSR count). The molecule has 1 atom stereocenters. The molecule has 7 nitrogen and oxygen atoms in total. The number of rotatable bonds is 10. The van der Waals surface area contributed by atoms with E-state index in [1.54, 1.807) is 31.0 Å². The topological polar surface area (TPSA) is 86.8 Å². The summed E-state index contributed by atoms with van der Waals surface area (Å²) in [6.07, 6.45) is 1.63. The number of nitrogens with zero attached hydrogens (tertiary/aromatic N) is 2. The molecule has 0 aliphatic heterocycles. The molecule has 0 aliphatic rings. The van der Waals surface area contributed by atoms with Crippen molar-refractivity contribution in [3.8, 4) is 0 Å². The van der Waals surface area contributed by atoms with Crippen LogP contribution in [0.15, 0.2) is 48.5 Å². The van der Waals surface area contributed by atoms with E-state index in [9.17, 15) is 18.0 Å². The standard InChI is InChI=1S/C24H33N3O4S/c1-18-8-12-21(13-9-18)17-26(20(3)24(29)25-4)23(28)7-6-16-27(32(5,30)31)22-14-10-19(2)11-15-22/h8-15,20H,6-7,16-17H2,1-5H3,(H,25,29)/t20-/m1/s1. The molecule has 0 saturated carbocycles. The van der Waals surface area contributed by atoms with Gasteiger partial charge in [-0.05, 0) is 44.9 Å². The van der Waals surface area contributed by atoms with Crippen molar-refractivity contribution in [3.05, 3.63) is 65.2 Å². The minimum atomic E-state index is -3.49. The molecule has 0 aromatic heterocycles. The lowest BCUT2D eigenvalue weighted by molar-refractivity contribution is -0.140. The molecule has 2 aromatic rings. The van der Waals surface area contributed by atoms with Gasteiger partial charge in [0.2, 0.25) is 21.8 Å². The summed E-state index contributed by atoms with van der Waals surface area (Å²) in [5, 5.41) is 2.59. The van der Waals surface area contributed by atoms with Crippen LogP contribution in [0.2, 0.25) is 0 Å². The number of sulfonamides is 1. The normalized spacial score (nSPS) is 12.2. The predicted octanol–water partition coefficient (Wildman–Crippen LogP) is 3.01. The number of likely N-dealkylation sites (N-methyl/N-ethyl adjacent to an activating group) is 1. The summed E-state index contributed by atoms with van der Waals surface area (Å²) >= 11 is 0. The van der Waals surface area contributed by atoms with E-state index >= 15 is 0 Å². The van der Waals surface area contributed by atoms with Crippen molar-refractivity contribution in [3.63, 3.8) is 0 Å². The highest BCUT2D eigenvalue weighted by Gasteiger charge is 2.26. The molecule has 32 heavy (non-hydrogen) atoms. The van der Waals surface area contributed by atoms with Crippen LogP contribution in [-0.2, 0) is 26.2 Å². The first-order chi connectivity index (χ1) is 15.0. The van der Waals surface area contributed by atoms with Crippen LogP contribution >= 0.6 is 0 Å². The van der Waals surface area contributed by atoms with Gasteiger partial charge >= 0.3 is 0 Å². The van der Waals surface area contributed by atoms with Crippen molar-refractivity contribution < 1.29 is 18.0 Å². The molecule has 0 aliphatic carbocycles. The summed E-state index contributed by atoms with van der Waals surface area (Å²) in [4.78, 5) is 26.8. The lowest BCUT2D eigenvalue weighted by atomic mass is 10.1. The van der Waals surface area contributed by atoms with Gasteiger partial charge in [-0.1, -0.05) is 47.5 Å². The van der Waals surface area contributed by atoms with Gasteiger partial charge in [0.15, 0.2) is 0 Å². The number of anilines is 1. The third-order valence-corrected chi connectivity index (χ3v) is 6.56. The third kappa shape index (κ3) is 7.09. The zero-order valence-corrected chi connectivity index (χ0v) is 20.3. The van der Waals surface area contributed by atoms with Gasteiger partial charge in [0, 0.05) is 26.6 Å². The average molecular weight is 460 g/mol. The van der Waals surface area contributed by atoms with Crippen molar-refractivity contribution in [2.45, 2.75) is 46.2 Å². The average Bonchev–Trinajstić information content (AvgIpc) is 2.75. The van der Waals surface area contributed by atoms with Crippen LogP contribution in [0.5, 0.6) is 0 Å². The Morgan fingerprint density at radius 2 is 1.50 bits per heavy atom. The van der Waals surface area contributed by atoms with E-state index < -0.39 is 16.1 Å². The molecular weight excluding hydrogens is 426 g/mol. The van der Waals surface area contributed by atoms with E-state index in [2.05, 4.69) is 5.32 Å². The molecule has 0 fully saturated rings. The third-order valence-electron chi connectivity index (χ3n) is 5.36. The molecule has 0 unspecified atom stereocenters. The molecule has 0 heterocycles. The number of benzene rings is 2. The number of hydrogen-bond acceptors (Lipinski definition) is 4. The maximum absolute atomic E-state index is 13.1. The Labute approximate surface area is 191 Å². The van der Waals surface area contributed by atoms with Crippen LogP contribution < -0.4 is 9.62 Å². The Bertz CT molecular complexity index is 1020. The zero-order chi connectivity index (χ0) is 23.9. The van der Waals surface area contributed by atoms with E-state index in [0.717, 1.165) is 22.9 Å². The second-order valence-electron chi connectivity index (χ2n) is 8.07. The fourth-order valence-corrected chi connectivity index (χ4v) is 4.36. The van der Waals surface area contributed by atoms with Crippen molar-refractivity contribution in [2.75, 3.05) is 24.2 Å². The lowest BCUT2D eigenvalue weighted by Crippen LogP contribution is -2.46. The Hall–Kier alpha value is -2.87. The van der Waals surface area contributed by atoms with E-state index in [0.29, 0.717) is 18.7 Å². The van der Waals surface area contributed by atoms with E-state index in [1.165, 1.54) is 4.31 Å². The van der Waals surface area contributed by atoms with Crippen LogP contribution in [0, 0.1) is 13.8 Å². The van der Waals surface area contributed by atoms with Gasteiger partial charge in [-0.25, -0.2) is 8.42 Å². The number of amides is 2. The first kappa shape index (κ1) is 25.4. The summed E-state index contributed by atoms with van der Waals surface area (Å²) in [7, 11) is -1.95. The number of carbonyl (C=O) groups is 2. The SMILES string of the molecule is CNC(=O)[C@@H](C)N(Cc1ccc(C)cc1)C(=O)CCCN(c1ccc(C)cc1)S(C)(=O)=O. The van der Waals surface area contributed by atoms with E-state index in [-0.39, 0.29) is 24.8 Å². The second-order valence-corrected chi connectivity index (χ2v) is 9.98. The summed E-state index contributed by atoms with van der Waals surface area (Å²) in [5.41, 5.74) is 3.65. The first-order valence-corrected chi connectivity index (χ1v) is 12.5. The fourth-order valence-electron chi connectivity index (χ4n) is 3.40. The summed E-state index contributed by atoms with van der Waals surface area (Å²) < 4.78 is 25.9. The van der Waals surface area contributed by atoms with Gasteiger partial charge in [0.25, 0.3) is 0 Å². The quantitative estimate of drug-likeness (QED) is 0.592. The van der Waals surface area contributed by atoms with E-state index in [1.807, 2.05) is 50.2 Å². The fraction of sp³-hybridized carbons (Fsp3) is 0.417. The maximum Gasteiger partial charge on any atom is 0.242 e. The number of aryl methyl sites for hydroxylation is 2. The van der Waals surface area contributed by atoms with Crippen molar-refractivity contribution in [1.29, 1.82) is 0 Å². The van der Waals surface area contributed by atoms with Crippen molar-refractivity contribution in [2.24, 2.45) is 0 Å². The highest BCUT2D eigenvalue weighted by molar-refractivity contribution is 7.92. The highest BCUT2D eigenvalue weighted by Crippen LogP contribution is 2.20. The molecule has 0 bridgehead atoms. The van der Waals surface area contributed by atoms with Crippen LogP contribution in [-0.4, -0.2) is 51.0 Å². The van der Waals surface area contributed by atoms with Crippen LogP contribution in [0.3, 0.4) is 0 Å². The van der Waals surface area contributed by atoms with Gasteiger partial charge < -0.3 is 10.2 Å². The van der Waals surface area contributed by atoms with Crippen LogP contribution in [0.1, 0.15) is 36.5 Å². The predicted molar refractivity (Wildman–Crippen MR) is 128 cm³/mol. The lowest BCUT2D eigenvalue weighted by Gasteiger charge is -2.29. The maximum atomic E-state index is 13.1. The summed E-state index contributed by atoms with van der Waals surface area (Å²) in [6.45, 7) is 6.10. The monoisotopic (exact) mass is 459 g/mol. The number of hydrogen-bond donors (Lipinski definition) is 1. The Morgan fingerprint density at radius 1 is 0.969 bits per heavy atom. The smallest absolute Gasteiger partial charge is 0.242 e. The minimum Gasteiger partial charge on any atom is -0.357 e. The summed E-state index contributed by atoms with van der Waals surface area (Å²) in [6, 6.07) is 14.4. The molecule has 0 radical (unpaired) electrons. The van der Waals surface area contributed by atoms with Crippen LogP contribution in [0.4, 0.5) is 5.69 Å². The molecule has 8 heteroatoms. The molecule has 0 spiro atoms. The molecule has 2 amide bonds. The number of nitrogens with one attached hydrogen (secondary N) is 1. The Kier molecular flexibility index (Phi) is 8.83. The first-order valence-electron chi connectivity index (χ1n) is 10.6. The highest BCUT2D eigenvalue weighted by atomic mass is 32.2. The van der Waals surface area contributed by atoms with Gasteiger partial charge in [-0.2, -0.15) is 0 Å². The molecule has 174 valence electrons. The molecule has 2 aromatic carbocycles. The van der Waals surface area contributed by atoms with Crippen molar-refractivity contribution >= 4 is 27.5 Å². The molecular formula is C24H33N3O4S. The van der Waals surface area contributed by atoms with E-state index in [4.69, 9.17) is 0 Å². The van der Waals surface area contributed by atoms with Gasteiger partial charge in [0.05, 0.1) is 11.9 Å². The Balaban J connectivity index is 2.12. The van der Waals surface area contributed by atoms with Gasteiger partial charge in [0.1, 0.15) is 6.04 Å². The van der Waals surface area contributed by atoms with Crippen LogP contribution in [0.25, 0.3) is 0 Å². The molecule has 0 saturated heterocycles. The minimum absolute atomic E-state index is 0.130. The van der Waals surface area contributed by atoms with Gasteiger partial charge in [-0.3, -0.25) is 13.9 Å².